The minimum absolute atomic E-state index is 0.0682. The second-order valence-corrected chi connectivity index (χ2v) is 4.74. The van der Waals surface area contributed by atoms with Gasteiger partial charge in [-0.1, -0.05) is 13.8 Å². The molecule has 0 saturated carbocycles. The van der Waals surface area contributed by atoms with Crippen LogP contribution < -0.4 is 11.1 Å². The van der Waals surface area contributed by atoms with Crippen molar-refractivity contribution in [2.45, 2.75) is 52.0 Å². The Morgan fingerprint density at radius 3 is 2.56 bits per heavy atom. The second-order valence-electron chi connectivity index (χ2n) is 4.74. The zero-order valence-corrected chi connectivity index (χ0v) is 10.7. The van der Waals surface area contributed by atoms with Crippen molar-refractivity contribution >= 4 is 5.91 Å². The van der Waals surface area contributed by atoms with Gasteiger partial charge in [-0.25, -0.2) is 0 Å². The molecular weight excluding hydrogens is 200 g/mol. The third-order valence-electron chi connectivity index (χ3n) is 3.10. The first-order valence-corrected chi connectivity index (χ1v) is 5.91. The summed E-state index contributed by atoms with van der Waals surface area (Å²) in [6.07, 6.45) is 8.16. The van der Waals surface area contributed by atoms with Crippen molar-refractivity contribution in [2.24, 2.45) is 11.7 Å². The first-order chi connectivity index (χ1) is 7.46. The normalized spacial score (nSPS) is 14.2. The molecule has 1 unspecified atom stereocenters. The van der Waals surface area contributed by atoms with Crippen LogP contribution in [0.5, 0.6) is 0 Å². The molecule has 3 heteroatoms. The fourth-order valence-corrected chi connectivity index (χ4v) is 1.32. The maximum Gasteiger partial charge on any atom is 0.220 e. The monoisotopic (exact) mass is 224 g/mol. The van der Waals surface area contributed by atoms with Crippen molar-refractivity contribution in [3.8, 4) is 12.3 Å². The molecule has 16 heavy (non-hydrogen) atoms. The summed E-state index contributed by atoms with van der Waals surface area (Å²) in [5.74, 6) is 2.96. The number of carbonyl (C=O) groups excluding carboxylic acids is 1. The number of hydrogen-bond donors (Lipinski definition) is 2. The Hall–Kier alpha value is -1.01. The SMILES string of the molecule is C#CCCCCC(=O)NC(C)(CN)C(C)C. The number of terminal acetylenes is 1. The van der Waals surface area contributed by atoms with E-state index in [0.717, 1.165) is 19.3 Å². The van der Waals surface area contributed by atoms with Crippen LogP contribution in [-0.4, -0.2) is 18.0 Å². The third kappa shape index (κ3) is 5.18. The highest BCUT2D eigenvalue weighted by Gasteiger charge is 2.27. The number of amides is 1. The molecule has 92 valence electrons. The van der Waals surface area contributed by atoms with Gasteiger partial charge in [0.15, 0.2) is 0 Å². The molecule has 0 rings (SSSR count). The molecule has 0 aromatic carbocycles. The number of nitrogens with two attached hydrogens (primary N) is 1. The van der Waals surface area contributed by atoms with E-state index in [1.54, 1.807) is 0 Å². The highest BCUT2D eigenvalue weighted by molar-refractivity contribution is 5.76. The minimum atomic E-state index is -0.302. The zero-order valence-electron chi connectivity index (χ0n) is 10.7. The van der Waals surface area contributed by atoms with Crippen molar-refractivity contribution in [1.29, 1.82) is 0 Å². The van der Waals surface area contributed by atoms with Gasteiger partial charge >= 0.3 is 0 Å². The highest BCUT2D eigenvalue weighted by Crippen LogP contribution is 2.15. The van der Waals surface area contributed by atoms with Gasteiger partial charge in [0.2, 0.25) is 5.91 Å². The molecular formula is C13H24N2O. The first kappa shape index (κ1) is 15.0. The van der Waals surface area contributed by atoms with Crippen molar-refractivity contribution in [3.63, 3.8) is 0 Å². The first-order valence-electron chi connectivity index (χ1n) is 5.91. The molecule has 1 amide bonds. The molecule has 0 saturated heterocycles. The van der Waals surface area contributed by atoms with E-state index < -0.39 is 0 Å². The lowest BCUT2D eigenvalue weighted by Gasteiger charge is -2.33. The molecule has 0 aromatic rings. The molecule has 0 aliphatic carbocycles. The third-order valence-corrected chi connectivity index (χ3v) is 3.10. The number of carbonyl (C=O) groups is 1. The van der Waals surface area contributed by atoms with E-state index in [9.17, 15) is 4.79 Å². The van der Waals surface area contributed by atoms with Gasteiger partial charge in [-0.3, -0.25) is 4.79 Å². The quantitative estimate of drug-likeness (QED) is 0.510. The zero-order chi connectivity index (χ0) is 12.6. The maximum absolute atomic E-state index is 11.7. The molecule has 0 radical (unpaired) electrons. The minimum Gasteiger partial charge on any atom is -0.349 e. The molecule has 0 bridgehead atoms. The lowest BCUT2D eigenvalue weighted by atomic mass is 9.88. The van der Waals surface area contributed by atoms with E-state index in [4.69, 9.17) is 12.2 Å². The predicted molar refractivity (Wildman–Crippen MR) is 67.7 cm³/mol. The summed E-state index contributed by atoms with van der Waals surface area (Å²) in [7, 11) is 0. The van der Waals surface area contributed by atoms with Gasteiger partial charge in [-0.15, -0.1) is 12.3 Å². The number of nitrogens with one attached hydrogen (secondary N) is 1. The molecule has 0 aromatic heterocycles. The van der Waals surface area contributed by atoms with Crippen LogP contribution in [-0.2, 0) is 4.79 Å². The highest BCUT2D eigenvalue weighted by atomic mass is 16.1. The van der Waals surface area contributed by atoms with Gasteiger partial charge in [0.05, 0.1) is 5.54 Å². The molecule has 3 nitrogen and oxygen atoms in total. The van der Waals surface area contributed by atoms with Gasteiger partial charge in [-0.05, 0) is 25.7 Å². The van der Waals surface area contributed by atoms with Gasteiger partial charge in [-0.2, -0.15) is 0 Å². The fourth-order valence-electron chi connectivity index (χ4n) is 1.32. The molecule has 0 aliphatic heterocycles. The summed E-state index contributed by atoms with van der Waals surface area (Å²) in [4.78, 5) is 11.7. The number of unbranched alkanes of at least 4 members (excludes halogenated alkanes) is 2. The van der Waals surface area contributed by atoms with E-state index in [1.807, 2.05) is 6.92 Å². The van der Waals surface area contributed by atoms with E-state index in [2.05, 4.69) is 25.1 Å². The van der Waals surface area contributed by atoms with Crippen molar-refractivity contribution < 1.29 is 4.79 Å². The Balaban J connectivity index is 3.98. The van der Waals surface area contributed by atoms with Crippen LogP contribution in [0.15, 0.2) is 0 Å². The van der Waals surface area contributed by atoms with Crippen molar-refractivity contribution in [1.82, 2.24) is 5.32 Å². The summed E-state index contributed by atoms with van der Waals surface area (Å²) in [6.45, 7) is 6.56. The van der Waals surface area contributed by atoms with Crippen LogP contribution >= 0.6 is 0 Å². The lowest BCUT2D eigenvalue weighted by Crippen LogP contribution is -2.54. The molecule has 0 aliphatic rings. The standard InChI is InChI=1S/C13H24N2O/c1-5-6-7-8-9-12(16)15-13(4,10-14)11(2)3/h1,11H,6-10,14H2,2-4H3,(H,15,16). The van der Waals surface area contributed by atoms with E-state index >= 15 is 0 Å². The molecule has 3 N–H and O–H groups in total. The van der Waals surface area contributed by atoms with Crippen LogP contribution in [0.1, 0.15) is 46.5 Å². The second kappa shape index (κ2) is 7.29. The van der Waals surface area contributed by atoms with E-state index in [-0.39, 0.29) is 11.4 Å². The summed E-state index contributed by atoms with van der Waals surface area (Å²) >= 11 is 0. The Kier molecular flexibility index (Phi) is 6.83. The van der Waals surface area contributed by atoms with Gasteiger partial charge < -0.3 is 11.1 Å². The Bertz CT molecular complexity index is 255. The van der Waals surface area contributed by atoms with E-state index in [1.165, 1.54) is 0 Å². The van der Waals surface area contributed by atoms with Crippen LogP contribution in [0.2, 0.25) is 0 Å². The molecule has 0 fully saturated rings. The van der Waals surface area contributed by atoms with E-state index in [0.29, 0.717) is 18.9 Å². The Morgan fingerprint density at radius 1 is 1.50 bits per heavy atom. The number of hydrogen-bond acceptors (Lipinski definition) is 2. The van der Waals surface area contributed by atoms with Crippen LogP contribution in [0, 0.1) is 18.3 Å². The van der Waals surface area contributed by atoms with Gasteiger partial charge in [0, 0.05) is 19.4 Å². The smallest absolute Gasteiger partial charge is 0.220 e. The lowest BCUT2D eigenvalue weighted by molar-refractivity contribution is -0.123. The average molecular weight is 224 g/mol. The Labute approximate surface area is 99.2 Å². The summed E-state index contributed by atoms with van der Waals surface area (Å²) in [6, 6.07) is 0. The van der Waals surface area contributed by atoms with Crippen LogP contribution in [0.3, 0.4) is 0 Å². The Morgan fingerprint density at radius 2 is 2.12 bits per heavy atom. The van der Waals surface area contributed by atoms with Crippen molar-refractivity contribution in [2.75, 3.05) is 6.54 Å². The largest absolute Gasteiger partial charge is 0.349 e. The summed E-state index contributed by atoms with van der Waals surface area (Å²) in [5.41, 5.74) is 5.39. The molecule has 0 spiro atoms. The summed E-state index contributed by atoms with van der Waals surface area (Å²) < 4.78 is 0. The molecule has 1 atom stereocenters. The van der Waals surface area contributed by atoms with Crippen LogP contribution in [0.4, 0.5) is 0 Å². The topological polar surface area (TPSA) is 55.1 Å². The van der Waals surface area contributed by atoms with Crippen LogP contribution in [0.25, 0.3) is 0 Å². The molecule has 0 heterocycles. The van der Waals surface area contributed by atoms with Gasteiger partial charge in [0.25, 0.3) is 0 Å². The fraction of sp³-hybridized carbons (Fsp3) is 0.769. The summed E-state index contributed by atoms with van der Waals surface area (Å²) in [5, 5.41) is 3.00. The van der Waals surface area contributed by atoms with Gasteiger partial charge in [0.1, 0.15) is 0 Å². The maximum atomic E-state index is 11.7. The predicted octanol–water partition coefficient (Wildman–Crippen LogP) is 1.67. The average Bonchev–Trinajstić information content (AvgIpc) is 2.24. The number of rotatable bonds is 7. The van der Waals surface area contributed by atoms with Crippen molar-refractivity contribution in [3.05, 3.63) is 0 Å².